The van der Waals surface area contributed by atoms with E-state index in [1.807, 2.05) is 18.7 Å². The van der Waals surface area contributed by atoms with E-state index in [0.29, 0.717) is 23.7 Å². The largest absolute Gasteiger partial charge is 0.478 e. The van der Waals surface area contributed by atoms with Crippen LogP contribution in [0.15, 0.2) is 24.3 Å². The van der Waals surface area contributed by atoms with E-state index in [0.717, 1.165) is 6.08 Å². The minimum absolute atomic E-state index is 0.0271. The van der Waals surface area contributed by atoms with Crippen LogP contribution in [-0.2, 0) is 4.79 Å². The van der Waals surface area contributed by atoms with Gasteiger partial charge < -0.3 is 10.0 Å². The Labute approximate surface area is 117 Å². The number of carboxylic acid groups (broad SMARTS) is 1. The molecule has 0 fully saturated rings. The fourth-order valence-corrected chi connectivity index (χ4v) is 1.93. The van der Waals surface area contributed by atoms with Crippen molar-refractivity contribution < 1.29 is 14.8 Å². The zero-order valence-corrected chi connectivity index (χ0v) is 11.7. The average molecular weight is 278 g/mol. The first kappa shape index (κ1) is 15.7. The van der Waals surface area contributed by atoms with Gasteiger partial charge in [-0.1, -0.05) is 19.9 Å². The molecule has 0 saturated carbocycles. The van der Waals surface area contributed by atoms with Gasteiger partial charge in [-0.25, -0.2) is 4.79 Å². The Morgan fingerprint density at radius 3 is 2.65 bits per heavy atom. The summed E-state index contributed by atoms with van der Waals surface area (Å²) in [5.74, 6) is -0.708. The molecular weight excluding hydrogens is 260 g/mol. The van der Waals surface area contributed by atoms with E-state index < -0.39 is 10.9 Å². The Morgan fingerprint density at radius 1 is 1.50 bits per heavy atom. The van der Waals surface area contributed by atoms with Gasteiger partial charge in [-0.2, -0.15) is 0 Å². The highest BCUT2D eigenvalue weighted by atomic mass is 16.6. The topological polar surface area (TPSA) is 83.7 Å². The molecule has 0 aliphatic rings. The third-order valence-corrected chi connectivity index (χ3v) is 2.66. The van der Waals surface area contributed by atoms with Crippen LogP contribution in [0.1, 0.15) is 19.4 Å². The van der Waals surface area contributed by atoms with Crippen molar-refractivity contribution in [2.45, 2.75) is 13.8 Å². The zero-order chi connectivity index (χ0) is 15.3. The van der Waals surface area contributed by atoms with Crippen molar-refractivity contribution in [2.24, 2.45) is 5.92 Å². The molecule has 6 nitrogen and oxygen atoms in total. The summed E-state index contributed by atoms with van der Waals surface area (Å²) in [6.07, 6.45) is 2.29. The van der Waals surface area contributed by atoms with Crippen molar-refractivity contribution in [3.8, 4) is 0 Å². The highest BCUT2D eigenvalue weighted by molar-refractivity contribution is 5.85. The molecule has 0 atom stereocenters. The van der Waals surface area contributed by atoms with E-state index in [9.17, 15) is 14.9 Å². The van der Waals surface area contributed by atoms with Crippen LogP contribution in [0.4, 0.5) is 11.4 Å². The first-order valence-corrected chi connectivity index (χ1v) is 6.22. The molecule has 0 bridgehead atoms. The molecule has 0 heterocycles. The van der Waals surface area contributed by atoms with E-state index in [2.05, 4.69) is 0 Å². The highest BCUT2D eigenvalue weighted by Crippen LogP contribution is 2.29. The van der Waals surface area contributed by atoms with Gasteiger partial charge in [0.1, 0.15) is 5.69 Å². The van der Waals surface area contributed by atoms with Gasteiger partial charge in [0.25, 0.3) is 5.69 Å². The summed E-state index contributed by atoms with van der Waals surface area (Å²) in [6.45, 7) is 4.77. The SMILES string of the molecule is CC(C)CN(C)c1ccc(/C=C/C(=O)O)cc1[N+](=O)[O-]. The van der Waals surface area contributed by atoms with Gasteiger partial charge in [0.15, 0.2) is 0 Å². The van der Waals surface area contributed by atoms with Gasteiger partial charge in [-0.05, 0) is 23.6 Å². The maximum Gasteiger partial charge on any atom is 0.328 e. The van der Waals surface area contributed by atoms with E-state index in [-0.39, 0.29) is 5.69 Å². The van der Waals surface area contributed by atoms with Crippen LogP contribution in [-0.4, -0.2) is 29.6 Å². The third-order valence-electron chi connectivity index (χ3n) is 2.66. The second-order valence-electron chi connectivity index (χ2n) is 4.95. The fraction of sp³-hybridized carbons (Fsp3) is 0.357. The summed E-state index contributed by atoms with van der Waals surface area (Å²) in [6, 6.07) is 4.69. The minimum Gasteiger partial charge on any atom is -0.478 e. The third kappa shape index (κ3) is 4.38. The Balaban J connectivity index is 3.14. The average Bonchev–Trinajstić information content (AvgIpc) is 2.35. The normalized spacial score (nSPS) is 11.0. The number of aliphatic carboxylic acids is 1. The molecule has 6 heteroatoms. The molecule has 0 spiro atoms. The van der Waals surface area contributed by atoms with E-state index >= 15 is 0 Å². The monoisotopic (exact) mass is 278 g/mol. The van der Waals surface area contributed by atoms with E-state index in [4.69, 9.17) is 5.11 Å². The summed E-state index contributed by atoms with van der Waals surface area (Å²) in [7, 11) is 1.80. The smallest absolute Gasteiger partial charge is 0.328 e. The Kier molecular flexibility index (Phi) is 5.25. The molecule has 0 aliphatic heterocycles. The van der Waals surface area contributed by atoms with Gasteiger partial charge in [-0.3, -0.25) is 10.1 Å². The molecule has 1 aromatic carbocycles. The van der Waals surface area contributed by atoms with Crippen LogP contribution >= 0.6 is 0 Å². The van der Waals surface area contributed by atoms with Crippen molar-refractivity contribution >= 4 is 23.4 Å². The lowest BCUT2D eigenvalue weighted by Crippen LogP contribution is -2.23. The molecule has 1 rings (SSSR count). The summed E-state index contributed by atoms with van der Waals surface area (Å²) >= 11 is 0. The van der Waals surface area contributed by atoms with Gasteiger partial charge in [0.2, 0.25) is 0 Å². The van der Waals surface area contributed by atoms with Crippen molar-refractivity contribution in [3.05, 3.63) is 40.0 Å². The molecule has 0 aromatic heterocycles. The number of nitro benzene ring substituents is 1. The highest BCUT2D eigenvalue weighted by Gasteiger charge is 2.17. The molecule has 0 aliphatic carbocycles. The quantitative estimate of drug-likeness (QED) is 0.491. The van der Waals surface area contributed by atoms with Gasteiger partial charge in [0, 0.05) is 25.7 Å². The van der Waals surface area contributed by atoms with Crippen LogP contribution < -0.4 is 4.90 Å². The number of benzene rings is 1. The first-order chi connectivity index (χ1) is 9.31. The maximum atomic E-state index is 11.1. The molecular formula is C14H18N2O4. The summed E-state index contributed by atoms with van der Waals surface area (Å²) < 4.78 is 0. The number of hydrogen-bond donors (Lipinski definition) is 1. The van der Waals surface area contributed by atoms with Crippen molar-refractivity contribution in [1.29, 1.82) is 0 Å². The number of nitrogens with zero attached hydrogens (tertiary/aromatic N) is 2. The molecule has 1 N–H and O–H groups in total. The zero-order valence-electron chi connectivity index (χ0n) is 11.7. The van der Waals surface area contributed by atoms with Crippen molar-refractivity contribution in [3.63, 3.8) is 0 Å². The predicted molar refractivity (Wildman–Crippen MR) is 77.9 cm³/mol. The van der Waals surface area contributed by atoms with Crippen LogP contribution in [0.3, 0.4) is 0 Å². The second-order valence-corrected chi connectivity index (χ2v) is 4.95. The summed E-state index contributed by atoms with van der Waals surface area (Å²) in [5.41, 5.74) is 0.984. The maximum absolute atomic E-state index is 11.1. The molecule has 20 heavy (non-hydrogen) atoms. The van der Waals surface area contributed by atoms with Crippen LogP contribution in [0.5, 0.6) is 0 Å². The number of carbonyl (C=O) groups is 1. The number of carboxylic acids is 1. The molecule has 0 saturated heterocycles. The first-order valence-electron chi connectivity index (χ1n) is 6.22. The Hall–Kier alpha value is -2.37. The lowest BCUT2D eigenvalue weighted by Gasteiger charge is -2.21. The van der Waals surface area contributed by atoms with E-state index in [1.165, 1.54) is 12.1 Å². The molecule has 0 amide bonds. The van der Waals surface area contributed by atoms with Crippen LogP contribution in [0.2, 0.25) is 0 Å². The fourth-order valence-electron chi connectivity index (χ4n) is 1.93. The van der Waals surface area contributed by atoms with E-state index in [1.54, 1.807) is 19.2 Å². The van der Waals surface area contributed by atoms with Crippen molar-refractivity contribution in [2.75, 3.05) is 18.5 Å². The second kappa shape index (κ2) is 6.70. The predicted octanol–water partition coefficient (Wildman–Crippen LogP) is 2.78. The Morgan fingerprint density at radius 2 is 2.15 bits per heavy atom. The molecule has 108 valence electrons. The molecule has 0 radical (unpaired) electrons. The van der Waals surface area contributed by atoms with Crippen molar-refractivity contribution in [1.82, 2.24) is 0 Å². The number of nitro groups is 1. The lowest BCUT2D eigenvalue weighted by molar-refractivity contribution is -0.384. The van der Waals surface area contributed by atoms with Gasteiger partial charge in [-0.15, -0.1) is 0 Å². The standard InChI is InChI=1S/C14H18N2O4/c1-10(2)9-15(3)12-6-4-11(5-7-14(17)18)8-13(12)16(19)20/h4-8,10H,9H2,1-3H3,(H,17,18)/b7-5+. The number of rotatable bonds is 6. The number of hydrogen-bond acceptors (Lipinski definition) is 4. The van der Waals surface area contributed by atoms with Crippen LogP contribution in [0.25, 0.3) is 6.08 Å². The summed E-state index contributed by atoms with van der Waals surface area (Å²) in [4.78, 5) is 23.0. The van der Waals surface area contributed by atoms with Crippen LogP contribution in [0, 0.1) is 16.0 Å². The minimum atomic E-state index is -1.09. The number of anilines is 1. The van der Waals surface area contributed by atoms with Gasteiger partial charge >= 0.3 is 5.97 Å². The molecule has 1 aromatic rings. The molecule has 0 unspecified atom stereocenters. The Bertz CT molecular complexity index is 538. The lowest BCUT2D eigenvalue weighted by atomic mass is 10.1. The van der Waals surface area contributed by atoms with Gasteiger partial charge in [0.05, 0.1) is 4.92 Å². The summed E-state index contributed by atoms with van der Waals surface area (Å²) in [5, 5.41) is 19.7.